The van der Waals surface area contributed by atoms with E-state index < -0.39 is 0 Å². The van der Waals surface area contributed by atoms with Crippen molar-refractivity contribution in [3.05, 3.63) is 0 Å². The Morgan fingerprint density at radius 3 is 3.00 bits per heavy atom. The van der Waals surface area contributed by atoms with Crippen molar-refractivity contribution in [1.29, 1.82) is 0 Å². The minimum atomic E-state index is 0.478. The van der Waals surface area contributed by atoms with Gasteiger partial charge in [0.15, 0.2) is 0 Å². The first-order valence-corrected chi connectivity index (χ1v) is 6.21. The lowest BCUT2D eigenvalue weighted by Crippen LogP contribution is -2.31. The summed E-state index contributed by atoms with van der Waals surface area (Å²) < 4.78 is 0. The average molecular weight is 192 g/mol. The molecule has 0 aromatic heterocycles. The number of Topliss-reactive ketones (excluding diaryl/α,β-unsaturated/α-hetero) is 1. The molecule has 0 aromatic carbocycles. The second-order valence-corrected chi connectivity index (χ2v) is 6.15. The van der Waals surface area contributed by atoms with E-state index >= 15 is 0 Å². The lowest BCUT2D eigenvalue weighted by Gasteiger charge is -2.39. The van der Waals surface area contributed by atoms with Crippen LogP contribution in [0.4, 0.5) is 0 Å². The topological polar surface area (TPSA) is 17.1 Å². The summed E-state index contributed by atoms with van der Waals surface area (Å²) in [5.41, 5.74) is 0.598. The Bertz CT molecular complexity index is 270. The van der Waals surface area contributed by atoms with Crippen molar-refractivity contribution in [2.75, 3.05) is 0 Å². The van der Waals surface area contributed by atoms with Crippen molar-refractivity contribution in [2.24, 2.45) is 23.2 Å². The molecule has 1 heteroatoms. The van der Waals surface area contributed by atoms with Gasteiger partial charge in [0.05, 0.1) is 0 Å². The molecule has 0 spiro atoms. The number of carbonyl (C=O) groups excluding carboxylic acids is 1. The van der Waals surface area contributed by atoms with Crippen LogP contribution < -0.4 is 0 Å². The summed E-state index contributed by atoms with van der Waals surface area (Å²) in [4.78, 5) is 11.8. The molecule has 4 unspecified atom stereocenters. The Balaban J connectivity index is 1.93. The molecule has 2 bridgehead atoms. The van der Waals surface area contributed by atoms with Crippen LogP contribution in [0, 0.1) is 23.2 Å². The molecule has 0 saturated heterocycles. The predicted molar refractivity (Wildman–Crippen MR) is 55.9 cm³/mol. The van der Waals surface area contributed by atoms with Gasteiger partial charge in [-0.25, -0.2) is 0 Å². The van der Waals surface area contributed by atoms with Crippen LogP contribution in [-0.4, -0.2) is 5.78 Å². The normalized spacial score (nSPS) is 51.8. The molecule has 4 atom stereocenters. The van der Waals surface area contributed by atoms with Gasteiger partial charge in [0.1, 0.15) is 5.78 Å². The van der Waals surface area contributed by atoms with E-state index in [1.54, 1.807) is 0 Å². The molecule has 0 heterocycles. The number of hydrogen-bond donors (Lipinski definition) is 0. The molecule has 3 rings (SSSR count). The first kappa shape index (κ1) is 8.94. The quantitative estimate of drug-likeness (QED) is 0.576. The summed E-state index contributed by atoms with van der Waals surface area (Å²) in [6, 6.07) is 0. The van der Waals surface area contributed by atoms with Gasteiger partial charge in [-0.3, -0.25) is 4.79 Å². The van der Waals surface area contributed by atoms with Crippen molar-refractivity contribution in [2.45, 2.75) is 51.9 Å². The smallest absolute Gasteiger partial charge is 0.136 e. The second kappa shape index (κ2) is 2.84. The first-order chi connectivity index (χ1) is 6.68. The Hall–Kier alpha value is -0.330. The van der Waals surface area contributed by atoms with E-state index in [-0.39, 0.29) is 0 Å². The maximum Gasteiger partial charge on any atom is 0.136 e. The molecule has 3 aliphatic carbocycles. The Morgan fingerprint density at radius 1 is 1.29 bits per heavy atom. The molecule has 0 radical (unpaired) electrons. The minimum Gasteiger partial charge on any atom is -0.299 e. The van der Waals surface area contributed by atoms with Gasteiger partial charge in [0, 0.05) is 12.3 Å². The van der Waals surface area contributed by atoms with Crippen LogP contribution >= 0.6 is 0 Å². The van der Waals surface area contributed by atoms with E-state index in [0.29, 0.717) is 17.1 Å². The molecular weight excluding hydrogens is 172 g/mol. The van der Waals surface area contributed by atoms with Gasteiger partial charge in [0.2, 0.25) is 0 Å². The summed E-state index contributed by atoms with van der Waals surface area (Å²) in [6.07, 6.45) is 8.92. The van der Waals surface area contributed by atoms with Crippen LogP contribution in [-0.2, 0) is 4.79 Å². The maximum absolute atomic E-state index is 11.8. The number of hydrogen-bond acceptors (Lipinski definition) is 1. The molecule has 14 heavy (non-hydrogen) atoms. The standard InChI is InChI=1S/C13H20O/c1-13-5-2-3-9-7-12(14)10(4-6-13)11(9)8-13/h9-11H,2-8H2,1H3. The molecule has 3 saturated carbocycles. The number of carbonyl (C=O) groups is 1. The van der Waals surface area contributed by atoms with Gasteiger partial charge >= 0.3 is 0 Å². The van der Waals surface area contributed by atoms with E-state index in [1.807, 2.05) is 0 Å². The molecule has 3 aliphatic rings. The van der Waals surface area contributed by atoms with Crippen LogP contribution in [0.25, 0.3) is 0 Å². The lowest BCUT2D eigenvalue weighted by atomic mass is 9.66. The Morgan fingerprint density at radius 2 is 2.14 bits per heavy atom. The van der Waals surface area contributed by atoms with Crippen LogP contribution in [0.15, 0.2) is 0 Å². The van der Waals surface area contributed by atoms with Crippen molar-refractivity contribution in [1.82, 2.24) is 0 Å². The van der Waals surface area contributed by atoms with Crippen molar-refractivity contribution in [3.8, 4) is 0 Å². The summed E-state index contributed by atoms with van der Waals surface area (Å²) in [5, 5.41) is 0. The fraction of sp³-hybridized carbons (Fsp3) is 0.923. The summed E-state index contributed by atoms with van der Waals surface area (Å²) >= 11 is 0. The second-order valence-electron chi connectivity index (χ2n) is 6.15. The largest absolute Gasteiger partial charge is 0.299 e. The van der Waals surface area contributed by atoms with Gasteiger partial charge in [0.25, 0.3) is 0 Å². The van der Waals surface area contributed by atoms with E-state index in [1.165, 1.54) is 38.5 Å². The van der Waals surface area contributed by atoms with Crippen LogP contribution in [0.2, 0.25) is 0 Å². The van der Waals surface area contributed by atoms with E-state index in [9.17, 15) is 4.79 Å². The highest BCUT2D eigenvalue weighted by molar-refractivity contribution is 5.84. The molecule has 78 valence electrons. The van der Waals surface area contributed by atoms with Crippen LogP contribution in [0.3, 0.4) is 0 Å². The van der Waals surface area contributed by atoms with Crippen LogP contribution in [0.1, 0.15) is 51.9 Å². The zero-order valence-corrected chi connectivity index (χ0v) is 9.09. The predicted octanol–water partition coefficient (Wildman–Crippen LogP) is 3.18. The fourth-order valence-corrected chi connectivity index (χ4v) is 4.32. The third-order valence-corrected chi connectivity index (χ3v) is 5.14. The van der Waals surface area contributed by atoms with Crippen molar-refractivity contribution in [3.63, 3.8) is 0 Å². The molecule has 0 aromatic rings. The van der Waals surface area contributed by atoms with Crippen LogP contribution in [0.5, 0.6) is 0 Å². The maximum atomic E-state index is 11.8. The number of ketones is 1. The van der Waals surface area contributed by atoms with Gasteiger partial charge in [-0.2, -0.15) is 0 Å². The number of fused-ring (bicyclic) bond motifs is 1. The van der Waals surface area contributed by atoms with Gasteiger partial charge < -0.3 is 0 Å². The SMILES string of the molecule is CC12CCCC3CC(=O)C(CC1)C3C2. The summed E-state index contributed by atoms with van der Waals surface area (Å²) in [5.74, 6) is 2.63. The van der Waals surface area contributed by atoms with E-state index in [0.717, 1.165) is 18.3 Å². The molecule has 0 amide bonds. The van der Waals surface area contributed by atoms with Crippen molar-refractivity contribution < 1.29 is 4.79 Å². The highest BCUT2D eigenvalue weighted by Gasteiger charge is 2.49. The minimum absolute atomic E-state index is 0.478. The highest BCUT2D eigenvalue weighted by Crippen LogP contribution is 2.55. The molecule has 0 N–H and O–H groups in total. The Kier molecular flexibility index (Phi) is 1.81. The summed E-state index contributed by atoms with van der Waals surface area (Å²) in [7, 11) is 0. The third-order valence-electron chi connectivity index (χ3n) is 5.14. The monoisotopic (exact) mass is 192 g/mol. The third kappa shape index (κ3) is 1.17. The Labute approximate surface area is 86.3 Å². The molecular formula is C13H20O. The van der Waals surface area contributed by atoms with E-state index in [2.05, 4.69) is 6.92 Å². The van der Waals surface area contributed by atoms with E-state index in [4.69, 9.17) is 0 Å². The zero-order valence-electron chi connectivity index (χ0n) is 9.09. The van der Waals surface area contributed by atoms with Gasteiger partial charge in [-0.1, -0.05) is 13.3 Å². The lowest BCUT2D eigenvalue weighted by molar-refractivity contribution is -0.122. The average Bonchev–Trinajstić information content (AvgIpc) is 2.37. The molecule has 1 nitrogen and oxygen atoms in total. The first-order valence-electron chi connectivity index (χ1n) is 6.21. The molecule has 3 fully saturated rings. The number of rotatable bonds is 0. The zero-order chi connectivity index (χ0) is 9.76. The van der Waals surface area contributed by atoms with Gasteiger partial charge in [-0.15, -0.1) is 0 Å². The van der Waals surface area contributed by atoms with Crippen molar-refractivity contribution >= 4 is 5.78 Å². The fourth-order valence-electron chi connectivity index (χ4n) is 4.32. The van der Waals surface area contributed by atoms with Gasteiger partial charge in [-0.05, 0) is 49.4 Å². The molecule has 0 aliphatic heterocycles. The summed E-state index contributed by atoms with van der Waals surface area (Å²) in [6.45, 7) is 2.45. The highest BCUT2D eigenvalue weighted by atomic mass is 16.1.